The Balaban J connectivity index is 1.75. The summed E-state index contributed by atoms with van der Waals surface area (Å²) in [6.45, 7) is 4.21. The summed E-state index contributed by atoms with van der Waals surface area (Å²) in [5.41, 5.74) is 2.53. The quantitative estimate of drug-likeness (QED) is 0.416. The van der Waals surface area contributed by atoms with E-state index in [2.05, 4.69) is 5.32 Å². The summed E-state index contributed by atoms with van der Waals surface area (Å²) < 4.78 is 16.7. The number of methoxy groups -OCH3 is 1. The lowest BCUT2D eigenvalue weighted by molar-refractivity contribution is -0.147. The average Bonchev–Trinajstić information content (AvgIpc) is 2.83. The molecule has 6 heteroatoms. The molecule has 0 saturated heterocycles. The van der Waals surface area contributed by atoms with Gasteiger partial charge in [-0.25, -0.2) is 0 Å². The Bertz CT molecular complexity index is 1020. The van der Waals surface area contributed by atoms with Crippen LogP contribution in [0, 0.1) is 0 Å². The van der Waals surface area contributed by atoms with Crippen LogP contribution in [0.2, 0.25) is 0 Å². The van der Waals surface area contributed by atoms with Crippen molar-refractivity contribution in [3.63, 3.8) is 0 Å². The zero-order valence-electron chi connectivity index (χ0n) is 19.3. The summed E-state index contributed by atoms with van der Waals surface area (Å²) in [6.07, 6.45) is 0.326. The van der Waals surface area contributed by atoms with Crippen molar-refractivity contribution >= 4 is 5.97 Å². The van der Waals surface area contributed by atoms with Crippen molar-refractivity contribution in [2.75, 3.05) is 7.11 Å². The second-order valence-corrected chi connectivity index (χ2v) is 7.99. The van der Waals surface area contributed by atoms with E-state index in [4.69, 9.17) is 14.2 Å². The molecule has 2 N–H and O–H groups in total. The molecule has 3 rings (SSSR count). The van der Waals surface area contributed by atoms with Crippen molar-refractivity contribution in [3.05, 3.63) is 89.5 Å². The van der Waals surface area contributed by atoms with Crippen LogP contribution in [0.25, 0.3) is 0 Å². The molecule has 0 saturated carbocycles. The Kier molecular flexibility index (Phi) is 8.72. The zero-order valence-corrected chi connectivity index (χ0v) is 19.3. The Morgan fingerprint density at radius 2 is 1.58 bits per heavy atom. The van der Waals surface area contributed by atoms with Crippen LogP contribution >= 0.6 is 0 Å². The predicted octanol–water partition coefficient (Wildman–Crippen LogP) is 4.63. The molecule has 174 valence electrons. The molecule has 0 aromatic heterocycles. The largest absolute Gasteiger partial charge is 0.504 e. The van der Waals surface area contributed by atoms with E-state index in [1.165, 1.54) is 7.11 Å². The number of nitrogens with one attached hydrogen (secondary N) is 1. The van der Waals surface area contributed by atoms with E-state index < -0.39 is 6.04 Å². The van der Waals surface area contributed by atoms with Gasteiger partial charge in [0.15, 0.2) is 11.5 Å². The molecule has 1 atom stereocenters. The SMILES string of the molecule is COc1ccc(CN[C@@H](Cc2ccccc2)C(=O)OCc2ccccc2)c(O)c1OC(C)C. The average molecular weight is 450 g/mol. The number of carbonyl (C=O) groups excluding carboxylic acids is 1. The van der Waals surface area contributed by atoms with E-state index >= 15 is 0 Å². The molecule has 0 aliphatic rings. The summed E-state index contributed by atoms with van der Waals surface area (Å²) in [5, 5.41) is 14.0. The highest BCUT2D eigenvalue weighted by Crippen LogP contribution is 2.39. The Hall–Kier alpha value is -3.51. The van der Waals surface area contributed by atoms with Gasteiger partial charge in [-0.2, -0.15) is 0 Å². The van der Waals surface area contributed by atoms with Gasteiger partial charge in [0.2, 0.25) is 5.75 Å². The summed E-state index contributed by atoms with van der Waals surface area (Å²) >= 11 is 0. The number of phenols is 1. The number of benzene rings is 3. The van der Waals surface area contributed by atoms with Gasteiger partial charge in [0.1, 0.15) is 12.6 Å². The Morgan fingerprint density at radius 3 is 2.18 bits per heavy atom. The van der Waals surface area contributed by atoms with Crippen LogP contribution in [0.15, 0.2) is 72.8 Å². The first kappa shape index (κ1) is 24.1. The van der Waals surface area contributed by atoms with Gasteiger partial charge in [-0.15, -0.1) is 0 Å². The number of esters is 1. The van der Waals surface area contributed by atoms with Crippen molar-refractivity contribution in [3.8, 4) is 17.2 Å². The lowest BCUT2D eigenvalue weighted by Crippen LogP contribution is -2.39. The van der Waals surface area contributed by atoms with Crippen LogP contribution < -0.4 is 14.8 Å². The molecule has 0 heterocycles. The molecular weight excluding hydrogens is 418 g/mol. The van der Waals surface area contributed by atoms with Gasteiger partial charge in [0, 0.05) is 12.1 Å². The van der Waals surface area contributed by atoms with Crippen LogP contribution in [0.4, 0.5) is 0 Å². The molecule has 0 radical (unpaired) electrons. The highest BCUT2D eigenvalue weighted by atomic mass is 16.5. The van der Waals surface area contributed by atoms with Crippen molar-refractivity contribution in [1.82, 2.24) is 5.32 Å². The number of phenolic OH excluding ortho intramolecular Hbond substituents is 1. The fourth-order valence-electron chi connectivity index (χ4n) is 3.40. The van der Waals surface area contributed by atoms with E-state index in [1.807, 2.05) is 74.5 Å². The van der Waals surface area contributed by atoms with Crippen molar-refractivity contribution < 1.29 is 24.1 Å². The first-order chi connectivity index (χ1) is 16.0. The van der Waals surface area contributed by atoms with Crippen LogP contribution in [0.1, 0.15) is 30.5 Å². The van der Waals surface area contributed by atoms with Crippen molar-refractivity contribution in [2.24, 2.45) is 0 Å². The van der Waals surface area contributed by atoms with Gasteiger partial charge >= 0.3 is 5.97 Å². The van der Waals surface area contributed by atoms with Crippen molar-refractivity contribution in [1.29, 1.82) is 0 Å². The molecule has 0 aliphatic heterocycles. The molecule has 33 heavy (non-hydrogen) atoms. The number of ether oxygens (including phenoxy) is 3. The molecule has 3 aromatic rings. The number of hydrogen-bond donors (Lipinski definition) is 2. The topological polar surface area (TPSA) is 77.0 Å². The summed E-state index contributed by atoms with van der Waals surface area (Å²) in [5.74, 6) is 0.382. The maximum Gasteiger partial charge on any atom is 0.323 e. The van der Waals surface area contributed by atoms with E-state index in [0.717, 1.165) is 11.1 Å². The van der Waals surface area contributed by atoms with Gasteiger partial charge in [-0.3, -0.25) is 10.1 Å². The highest BCUT2D eigenvalue weighted by molar-refractivity contribution is 5.76. The van der Waals surface area contributed by atoms with Gasteiger partial charge in [-0.05, 0) is 37.5 Å². The third-order valence-corrected chi connectivity index (χ3v) is 5.08. The van der Waals surface area contributed by atoms with E-state index in [1.54, 1.807) is 12.1 Å². The van der Waals surface area contributed by atoms with Crippen LogP contribution in [0.5, 0.6) is 17.2 Å². The molecule has 0 bridgehead atoms. The number of carbonyl (C=O) groups is 1. The maximum atomic E-state index is 12.9. The van der Waals surface area contributed by atoms with E-state index in [9.17, 15) is 9.90 Å². The lowest BCUT2D eigenvalue weighted by atomic mass is 10.1. The Labute approximate surface area is 195 Å². The zero-order chi connectivity index (χ0) is 23.6. The maximum absolute atomic E-state index is 12.9. The monoisotopic (exact) mass is 449 g/mol. The standard InChI is InChI=1S/C27H31NO5/c1-19(2)33-26-24(31-3)15-14-22(25(26)29)17-28-23(16-20-10-6-4-7-11-20)27(30)32-18-21-12-8-5-9-13-21/h4-15,19,23,28-29H,16-18H2,1-3H3/t23-/m0/s1. The van der Waals surface area contributed by atoms with E-state index in [0.29, 0.717) is 17.7 Å². The normalized spacial score (nSPS) is 11.8. The van der Waals surface area contributed by atoms with Crippen LogP contribution in [-0.2, 0) is 29.1 Å². The molecular formula is C27H31NO5. The third-order valence-electron chi connectivity index (χ3n) is 5.08. The van der Waals surface area contributed by atoms with Gasteiger partial charge in [-0.1, -0.05) is 66.7 Å². The fraction of sp³-hybridized carbons (Fsp3) is 0.296. The number of rotatable bonds is 11. The minimum Gasteiger partial charge on any atom is -0.504 e. The first-order valence-corrected chi connectivity index (χ1v) is 11.0. The molecule has 0 unspecified atom stereocenters. The highest BCUT2D eigenvalue weighted by Gasteiger charge is 2.22. The summed E-state index contributed by atoms with van der Waals surface area (Å²) in [4.78, 5) is 12.9. The predicted molar refractivity (Wildman–Crippen MR) is 127 cm³/mol. The second kappa shape index (κ2) is 11.9. The minimum atomic E-state index is -0.591. The van der Waals surface area contributed by atoms with Crippen LogP contribution in [-0.4, -0.2) is 30.3 Å². The third kappa shape index (κ3) is 6.99. The first-order valence-electron chi connectivity index (χ1n) is 11.0. The molecule has 6 nitrogen and oxygen atoms in total. The van der Waals surface area contributed by atoms with Gasteiger partial charge < -0.3 is 19.3 Å². The molecule has 0 aliphatic carbocycles. The fourth-order valence-corrected chi connectivity index (χ4v) is 3.40. The molecule has 0 spiro atoms. The second-order valence-electron chi connectivity index (χ2n) is 7.99. The van der Waals surface area contributed by atoms with Crippen LogP contribution in [0.3, 0.4) is 0 Å². The van der Waals surface area contributed by atoms with Gasteiger partial charge in [0.05, 0.1) is 13.2 Å². The minimum absolute atomic E-state index is 0.00772. The number of aromatic hydroxyl groups is 1. The Morgan fingerprint density at radius 1 is 0.939 bits per heavy atom. The number of hydrogen-bond acceptors (Lipinski definition) is 6. The molecule has 3 aromatic carbocycles. The summed E-state index contributed by atoms with van der Waals surface area (Å²) in [6, 6.07) is 22.2. The molecule has 0 fully saturated rings. The lowest BCUT2D eigenvalue weighted by Gasteiger charge is -2.20. The summed E-state index contributed by atoms with van der Waals surface area (Å²) in [7, 11) is 1.53. The molecule has 0 amide bonds. The van der Waals surface area contributed by atoms with Gasteiger partial charge in [0.25, 0.3) is 0 Å². The van der Waals surface area contributed by atoms with Crippen molar-refractivity contribution in [2.45, 2.75) is 45.6 Å². The smallest absolute Gasteiger partial charge is 0.323 e. The van der Waals surface area contributed by atoms with E-state index in [-0.39, 0.29) is 36.7 Å².